The number of hydrogen-bond donors (Lipinski definition) is 1. The van der Waals surface area contributed by atoms with Gasteiger partial charge < -0.3 is 10.2 Å². The van der Waals surface area contributed by atoms with E-state index in [2.05, 4.69) is 19.2 Å². The summed E-state index contributed by atoms with van der Waals surface area (Å²) < 4.78 is 0. The number of fused-ring (bicyclic) bond motifs is 2. The summed E-state index contributed by atoms with van der Waals surface area (Å²) in [5.41, 5.74) is 0. The molecular formula is C13H24N2O. The predicted octanol–water partition coefficient (Wildman–Crippen LogP) is 1.63. The Labute approximate surface area is 98.6 Å². The maximum Gasteiger partial charge on any atom is 0.236 e. The fourth-order valence-corrected chi connectivity index (χ4v) is 3.13. The lowest BCUT2D eigenvalue weighted by Crippen LogP contribution is -2.44. The molecule has 3 unspecified atom stereocenters. The second-order valence-corrected chi connectivity index (χ2v) is 5.76. The summed E-state index contributed by atoms with van der Waals surface area (Å²) in [7, 11) is 1.88. The normalized spacial score (nSPS) is 32.4. The summed E-state index contributed by atoms with van der Waals surface area (Å²) in [5.74, 6) is 2.01. The summed E-state index contributed by atoms with van der Waals surface area (Å²) in [4.78, 5) is 13.6. The van der Waals surface area contributed by atoms with E-state index >= 15 is 0 Å². The van der Waals surface area contributed by atoms with Crippen molar-refractivity contribution in [1.82, 2.24) is 10.2 Å². The Bertz CT molecular complexity index is 265. The minimum atomic E-state index is 0.220. The van der Waals surface area contributed by atoms with Crippen molar-refractivity contribution >= 4 is 5.91 Å². The number of carbonyl (C=O) groups excluding carboxylic acids is 1. The van der Waals surface area contributed by atoms with Crippen molar-refractivity contribution < 1.29 is 4.79 Å². The highest BCUT2D eigenvalue weighted by atomic mass is 16.2. The lowest BCUT2D eigenvalue weighted by Gasteiger charge is -2.26. The van der Waals surface area contributed by atoms with Gasteiger partial charge in [0.1, 0.15) is 0 Å². The quantitative estimate of drug-likeness (QED) is 0.787. The van der Waals surface area contributed by atoms with Crippen LogP contribution in [0.15, 0.2) is 0 Å². The predicted molar refractivity (Wildman–Crippen MR) is 65.1 cm³/mol. The Morgan fingerprint density at radius 1 is 1.38 bits per heavy atom. The molecule has 3 atom stereocenters. The van der Waals surface area contributed by atoms with E-state index in [1.165, 1.54) is 25.7 Å². The van der Waals surface area contributed by atoms with Gasteiger partial charge in [-0.15, -0.1) is 0 Å². The molecule has 2 bridgehead atoms. The van der Waals surface area contributed by atoms with E-state index in [-0.39, 0.29) is 5.91 Å². The van der Waals surface area contributed by atoms with Gasteiger partial charge in [0, 0.05) is 19.1 Å². The second kappa shape index (κ2) is 4.74. The van der Waals surface area contributed by atoms with Crippen LogP contribution in [0.1, 0.15) is 39.5 Å². The number of nitrogens with one attached hydrogen (secondary N) is 1. The van der Waals surface area contributed by atoms with Crippen LogP contribution in [0.25, 0.3) is 0 Å². The Kier molecular flexibility index (Phi) is 3.53. The Morgan fingerprint density at radius 2 is 2.12 bits per heavy atom. The molecule has 0 aliphatic heterocycles. The van der Waals surface area contributed by atoms with E-state index in [0.29, 0.717) is 18.6 Å². The molecule has 2 aliphatic carbocycles. The molecule has 3 nitrogen and oxygen atoms in total. The van der Waals surface area contributed by atoms with E-state index in [4.69, 9.17) is 0 Å². The van der Waals surface area contributed by atoms with Crippen LogP contribution < -0.4 is 5.32 Å². The zero-order chi connectivity index (χ0) is 11.7. The van der Waals surface area contributed by atoms with Crippen LogP contribution in [0.4, 0.5) is 0 Å². The molecule has 0 spiro atoms. The van der Waals surface area contributed by atoms with Gasteiger partial charge in [0.05, 0.1) is 6.54 Å². The van der Waals surface area contributed by atoms with Gasteiger partial charge in [-0.3, -0.25) is 4.79 Å². The summed E-state index contributed by atoms with van der Waals surface area (Å²) in [6, 6.07) is 0.914. The zero-order valence-corrected chi connectivity index (χ0v) is 10.7. The first-order valence-corrected chi connectivity index (χ1v) is 6.57. The van der Waals surface area contributed by atoms with Crippen molar-refractivity contribution in [3.05, 3.63) is 0 Å². The largest absolute Gasteiger partial charge is 0.342 e. The van der Waals surface area contributed by atoms with Crippen LogP contribution in [0, 0.1) is 11.8 Å². The fourth-order valence-electron chi connectivity index (χ4n) is 3.13. The number of hydrogen-bond acceptors (Lipinski definition) is 2. The average Bonchev–Trinajstić information content (AvgIpc) is 2.86. The molecule has 1 N–H and O–H groups in total. The van der Waals surface area contributed by atoms with Crippen LogP contribution in [0.3, 0.4) is 0 Å². The number of carbonyl (C=O) groups is 1. The second-order valence-electron chi connectivity index (χ2n) is 5.76. The first-order valence-electron chi connectivity index (χ1n) is 6.57. The van der Waals surface area contributed by atoms with Crippen molar-refractivity contribution in [2.45, 2.75) is 51.6 Å². The van der Waals surface area contributed by atoms with Gasteiger partial charge in [-0.2, -0.15) is 0 Å². The molecule has 0 aromatic carbocycles. The topological polar surface area (TPSA) is 32.3 Å². The van der Waals surface area contributed by atoms with Crippen molar-refractivity contribution in [3.63, 3.8) is 0 Å². The molecule has 1 amide bonds. The van der Waals surface area contributed by atoms with Gasteiger partial charge in [-0.05, 0) is 44.9 Å². The molecule has 0 aromatic rings. The van der Waals surface area contributed by atoms with E-state index < -0.39 is 0 Å². The highest BCUT2D eigenvalue weighted by Gasteiger charge is 2.39. The van der Waals surface area contributed by atoms with Crippen LogP contribution >= 0.6 is 0 Å². The molecule has 3 heteroatoms. The van der Waals surface area contributed by atoms with E-state index in [1.54, 1.807) is 0 Å². The minimum absolute atomic E-state index is 0.220. The molecule has 2 saturated carbocycles. The third-order valence-electron chi connectivity index (χ3n) is 4.42. The molecule has 92 valence electrons. The van der Waals surface area contributed by atoms with Crippen LogP contribution in [0.2, 0.25) is 0 Å². The van der Waals surface area contributed by atoms with Gasteiger partial charge in [0.25, 0.3) is 0 Å². The van der Waals surface area contributed by atoms with Crippen LogP contribution in [-0.2, 0) is 4.79 Å². The van der Waals surface area contributed by atoms with Gasteiger partial charge >= 0.3 is 0 Å². The summed E-state index contributed by atoms with van der Waals surface area (Å²) in [5, 5.41) is 3.46. The highest BCUT2D eigenvalue weighted by Crippen LogP contribution is 2.44. The Morgan fingerprint density at radius 3 is 2.62 bits per heavy atom. The van der Waals surface area contributed by atoms with Crippen LogP contribution in [-0.4, -0.2) is 36.5 Å². The minimum Gasteiger partial charge on any atom is -0.342 e. The van der Waals surface area contributed by atoms with Crippen LogP contribution in [0.5, 0.6) is 0 Å². The summed E-state index contributed by atoms with van der Waals surface area (Å²) in [6.45, 7) is 4.62. The molecule has 16 heavy (non-hydrogen) atoms. The standard InChI is InChI=1S/C13H24N2O/c1-9(2)15(3)13(16)8-14-12-7-10-4-5-11(12)6-10/h9-12,14H,4-8H2,1-3H3. The maximum absolute atomic E-state index is 11.8. The van der Waals surface area contributed by atoms with E-state index in [9.17, 15) is 4.79 Å². The van der Waals surface area contributed by atoms with E-state index in [0.717, 1.165) is 11.8 Å². The summed E-state index contributed by atoms with van der Waals surface area (Å²) in [6.07, 6.45) is 5.48. The number of rotatable bonds is 4. The molecule has 0 radical (unpaired) electrons. The number of likely N-dealkylation sites (N-methyl/N-ethyl adjacent to an activating group) is 1. The monoisotopic (exact) mass is 224 g/mol. The van der Waals surface area contributed by atoms with Gasteiger partial charge in [-0.25, -0.2) is 0 Å². The number of amides is 1. The SMILES string of the molecule is CC(C)N(C)C(=O)CNC1CC2CCC1C2. The maximum atomic E-state index is 11.8. The molecule has 0 saturated heterocycles. The Balaban J connectivity index is 1.73. The first-order chi connectivity index (χ1) is 7.58. The molecule has 2 rings (SSSR count). The lowest BCUT2D eigenvalue weighted by atomic mass is 9.95. The smallest absolute Gasteiger partial charge is 0.236 e. The van der Waals surface area contributed by atoms with Crippen molar-refractivity contribution in [2.24, 2.45) is 11.8 Å². The van der Waals surface area contributed by atoms with Crippen molar-refractivity contribution in [2.75, 3.05) is 13.6 Å². The molecule has 0 heterocycles. The zero-order valence-electron chi connectivity index (χ0n) is 10.7. The van der Waals surface area contributed by atoms with E-state index in [1.807, 2.05) is 11.9 Å². The lowest BCUT2D eigenvalue weighted by molar-refractivity contribution is -0.130. The molecular weight excluding hydrogens is 200 g/mol. The fraction of sp³-hybridized carbons (Fsp3) is 0.923. The third kappa shape index (κ3) is 2.40. The van der Waals surface area contributed by atoms with Gasteiger partial charge in [-0.1, -0.05) is 6.42 Å². The first kappa shape index (κ1) is 11.9. The van der Waals surface area contributed by atoms with Gasteiger partial charge in [0.2, 0.25) is 5.91 Å². The van der Waals surface area contributed by atoms with Crippen molar-refractivity contribution in [3.8, 4) is 0 Å². The average molecular weight is 224 g/mol. The van der Waals surface area contributed by atoms with Crippen molar-refractivity contribution in [1.29, 1.82) is 0 Å². The molecule has 2 fully saturated rings. The third-order valence-corrected chi connectivity index (χ3v) is 4.42. The summed E-state index contributed by atoms with van der Waals surface area (Å²) >= 11 is 0. The molecule has 0 aromatic heterocycles. The Hall–Kier alpha value is -0.570. The highest BCUT2D eigenvalue weighted by molar-refractivity contribution is 5.78. The molecule has 2 aliphatic rings. The number of nitrogens with zero attached hydrogens (tertiary/aromatic N) is 1. The van der Waals surface area contributed by atoms with Gasteiger partial charge in [0.15, 0.2) is 0 Å².